The van der Waals surface area contributed by atoms with E-state index in [0.717, 1.165) is 0 Å². The summed E-state index contributed by atoms with van der Waals surface area (Å²) in [6.45, 7) is 0. The Hall–Kier alpha value is -1.93. The summed E-state index contributed by atoms with van der Waals surface area (Å²) < 4.78 is 89.7. The van der Waals surface area contributed by atoms with E-state index in [2.05, 4.69) is 0 Å². The lowest BCUT2D eigenvalue weighted by Crippen LogP contribution is -2.05. The van der Waals surface area contributed by atoms with Crippen LogP contribution in [0.5, 0.6) is 0 Å². The molecule has 0 aliphatic carbocycles. The first-order valence-electron chi connectivity index (χ1n) is 6.29. The van der Waals surface area contributed by atoms with Crippen molar-refractivity contribution in [3.8, 4) is 0 Å². The average molecular weight is 383 g/mol. The first-order valence-corrected chi connectivity index (χ1v) is 8.38. The number of benzene rings is 2. The molecule has 0 N–H and O–H groups in total. The van der Waals surface area contributed by atoms with E-state index in [1.807, 2.05) is 0 Å². The molecule has 2 rings (SSSR count). The highest BCUT2D eigenvalue weighted by atomic mass is 35.5. The molecule has 0 saturated heterocycles. The maximum Gasteiger partial charge on any atom is 0.200 e. The largest absolute Gasteiger partial charge is 0.224 e. The Morgan fingerprint density at radius 2 is 1.29 bits per heavy atom. The smallest absolute Gasteiger partial charge is 0.200 e. The molecule has 2 aromatic rings. The summed E-state index contributed by atoms with van der Waals surface area (Å²) in [5.74, 6) is -11.4. The summed E-state index contributed by atoms with van der Waals surface area (Å²) in [6, 6.07) is 5.73. The predicted octanol–water partition coefficient (Wildman–Crippen LogP) is 4.62. The summed E-state index contributed by atoms with van der Waals surface area (Å²) in [4.78, 5) is 0. The minimum atomic E-state index is -4.01. The molecule has 0 aromatic heterocycles. The Labute approximate surface area is 139 Å². The van der Waals surface area contributed by atoms with E-state index in [9.17, 15) is 30.4 Å². The van der Waals surface area contributed by atoms with Gasteiger partial charge in [-0.25, -0.2) is 30.4 Å². The van der Waals surface area contributed by atoms with Crippen LogP contribution in [0.1, 0.15) is 11.1 Å². The molecular weight excluding hydrogens is 375 g/mol. The molecule has 0 unspecified atom stereocenters. The number of sulfone groups is 1. The molecule has 2 aromatic carbocycles. The van der Waals surface area contributed by atoms with Gasteiger partial charge in [0.2, 0.25) is 5.82 Å². The van der Waals surface area contributed by atoms with Crippen LogP contribution in [0, 0.1) is 29.1 Å². The fourth-order valence-corrected chi connectivity index (χ4v) is 3.02. The lowest BCUT2D eigenvalue weighted by Gasteiger charge is -2.04. The predicted molar refractivity (Wildman–Crippen MR) is 79.3 cm³/mol. The van der Waals surface area contributed by atoms with Gasteiger partial charge >= 0.3 is 0 Å². The van der Waals surface area contributed by atoms with Gasteiger partial charge in [-0.3, -0.25) is 0 Å². The lowest BCUT2D eigenvalue weighted by molar-refractivity contribution is 0.377. The standard InChI is InChI=1S/C15H8ClF5O2S/c16-9-3-1-8(2-4-9)7-24(22,23)6-5-10-11(17)13(19)15(21)14(20)12(10)18/h1-6H,7H2/b6-5-. The molecule has 0 saturated carbocycles. The topological polar surface area (TPSA) is 34.1 Å². The van der Waals surface area contributed by atoms with Crippen molar-refractivity contribution in [2.24, 2.45) is 0 Å². The van der Waals surface area contributed by atoms with Crippen molar-refractivity contribution in [1.29, 1.82) is 0 Å². The van der Waals surface area contributed by atoms with Gasteiger partial charge in [-0.1, -0.05) is 23.7 Å². The molecule has 24 heavy (non-hydrogen) atoms. The third-order valence-electron chi connectivity index (χ3n) is 2.97. The first kappa shape index (κ1) is 18.4. The first-order chi connectivity index (χ1) is 11.1. The maximum absolute atomic E-state index is 13.5. The summed E-state index contributed by atoms with van der Waals surface area (Å²) in [5, 5.41) is 0.771. The number of hydrogen-bond donors (Lipinski definition) is 0. The second kappa shape index (κ2) is 6.90. The fraction of sp³-hybridized carbons (Fsp3) is 0.0667. The Morgan fingerprint density at radius 1 is 0.833 bits per heavy atom. The van der Waals surface area contributed by atoms with Gasteiger partial charge in [-0.15, -0.1) is 0 Å². The van der Waals surface area contributed by atoms with Gasteiger partial charge in [-0.2, -0.15) is 0 Å². The van der Waals surface area contributed by atoms with E-state index in [-0.39, 0.29) is 0 Å². The van der Waals surface area contributed by atoms with Gasteiger partial charge in [0.05, 0.1) is 11.3 Å². The van der Waals surface area contributed by atoms with Crippen molar-refractivity contribution in [3.63, 3.8) is 0 Å². The Morgan fingerprint density at radius 3 is 1.79 bits per heavy atom. The van der Waals surface area contributed by atoms with Crippen LogP contribution in [0.15, 0.2) is 29.7 Å². The second-order valence-electron chi connectivity index (χ2n) is 4.72. The molecule has 0 fully saturated rings. The van der Waals surface area contributed by atoms with Gasteiger partial charge in [0.25, 0.3) is 0 Å². The monoisotopic (exact) mass is 382 g/mol. The molecule has 0 amide bonds. The van der Waals surface area contributed by atoms with Crippen LogP contribution in [0.3, 0.4) is 0 Å². The molecule has 0 radical (unpaired) electrons. The Bertz CT molecular complexity index is 879. The fourth-order valence-electron chi connectivity index (χ4n) is 1.80. The van der Waals surface area contributed by atoms with Gasteiger partial charge in [0, 0.05) is 10.4 Å². The second-order valence-corrected chi connectivity index (χ2v) is 7.04. The molecule has 0 spiro atoms. The van der Waals surface area contributed by atoms with Crippen LogP contribution < -0.4 is 0 Å². The van der Waals surface area contributed by atoms with Gasteiger partial charge in [-0.05, 0) is 23.8 Å². The van der Waals surface area contributed by atoms with Crippen molar-refractivity contribution in [3.05, 3.63) is 74.9 Å². The van der Waals surface area contributed by atoms with Gasteiger partial charge < -0.3 is 0 Å². The van der Waals surface area contributed by atoms with Crippen LogP contribution in [0.25, 0.3) is 6.08 Å². The van der Waals surface area contributed by atoms with Gasteiger partial charge in [0.15, 0.2) is 33.1 Å². The highest BCUT2D eigenvalue weighted by molar-refractivity contribution is 7.93. The zero-order chi connectivity index (χ0) is 18.1. The minimum Gasteiger partial charge on any atom is -0.224 e. The van der Waals surface area contributed by atoms with Crippen molar-refractivity contribution < 1.29 is 30.4 Å². The molecule has 0 aliphatic heterocycles. The van der Waals surface area contributed by atoms with Crippen molar-refractivity contribution in [2.45, 2.75) is 5.75 Å². The van der Waals surface area contributed by atoms with Crippen LogP contribution in [-0.2, 0) is 15.6 Å². The average Bonchev–Trinajstić information content (AvgIpc) is 2.53. The summed E-state index contributed by atoms with van der Waals surface area (Å²) in [6.07, 6.45) is 0.335. The molecule has 0 atom stereocenters. The molecule has 9 heteroatoms. The highest BCUT2D eigenvalue weighted by Crippen LogP contribution is 2.24. The number of hydrogen-bond acceptors (Lipinski definition) is 2. The normalized spacial score (nSPS) is 12.1. The Kier molecular flexibility index (Phi) is 5.29. The van der Waals surface area contributed by atoms with Crippen LogP contribution in [0.4, 0.5) is 22.0 Å². The van der Waals surface area contributed by atoms with Gasteiger partial charge in [0.1, 0.15) is 0 Å². The van der Waals surface area contributed by atoms with Crippen LogP contribution in [-0.4, -0.2) is 8.42 Å². The van der Waals surface area contributed by atoms with E-state index in [4.69, 9.17) is 11.6 Å². The van der Waals surface area contributed by atoms with E-state index in [1.165, 1.54) is 24.3 Å². The van der Waals surface area contributed by atoms with Crippen molar-refractivity contribution in [1.82, 2.24) is 0 Å². The van der Waals surface area contributed by atoms with Crippen LogP contribution in [0.2, 0.25) is 5.02 Å². The Balaban J connectivity index is 2.35. The zero-order valence-corrected chi connectivity index (χ0v) is 13.2. The summed E-state index contributed by atoms with van der Waals surface area (Å²) in [7, 11) is -4.01. The third-order valence-corrected chi connectivity index (χ3v) is 4.51. The minimum absolute atomic E-state index is 0.335. The highest BCUT2D eigenvalue weighted by Gasteiger charge is 2.24. The zero-order valence-electron chi connectivity index (χ0n) is 11.7. The molecule has 0 heterocycles. The van der Waals surface area contributed by atoms with E-state index in [0.29, 0.717) is 22.1 Å². The molecule has 2 nitrogen and oxygen atoms in total. The molecular formula is C15H8ClF5O2S. The summed E-state index contributed by atoms with van der Waals surface area (Å²) in [5.41, 5.74) is -0.993. The van der Waals surface area contributed by atoms with Crippen molar-refractivity contribution in [2.75, 3.05) is 0 Å². The van der Waals surface area contributed by atoms with E-state index in [1.54, 1.807) is 0 Å². The number of halogens is 6. The third kappa shape index (κ3) is 3.93. The molecule has 128 valence electrons. The number of rotatable bonds is 4. The molecule has 0 bridgehead atoms. The lowest BCUT2D eigenvalue weighted by atomic mass is 10.1. The van der Waals surface area contributed by atoms with E-state index < -0.39 is 50.2 Å². The SMILES string of the molecule is O=S(=O)(/C=C\c1c(F)c(F)c(F)c(F)c1F)Cc1ccc(Cl)cc1. The van der Waals surface area contributed by atoms with Crippen LogP contribution >= 0.6 is 11.6 Å². The molecule has 0 aliphatic rings. The quantitative estimate of drug-likeness (QED) is 0.439. The summed E-state index contributed by atoms with van der Waals surface area (Å²) >= 11 is 5.65. The van der Waals surface area contributed by atoms with Crippen molar-refractivity contribution >= 4 is 27.5 Å². The maximum atomic E-state index is 13.5. The van der Waals surface area contributed by atoms with E-state index >= 15 is 0 Å².